The van der Waals surface area contributed by atoms with E-state index in [9.17, 15) is 18.0 Å². The number of amidine groups is 1. The molecule has 1 atom stereocenters. The number of alkyl halides is 3. The van der Waals surface area contributed by atoms with Crippen LogP contribution in [0.25, 0.3) is 0 Å². The van der Waals surface area contributed by atoms with E-state index in [0.29, 0.717) is 0 Å². The minimum absolute atomic E-state index is 0.234. The summed E-state index contributed by atoms with van der Waals surface area (Å²) in [6.45, 7) is 1.87. The fourth-order valence-corrected chi connectivity index (χ4v) is 1.02. The number of nitrogens with one attached hydrogen (secondary N) is 2. The monoisotopic (exact) mass is 256 g/mol. The third-order valence-corrected chi connectivity index (χ3v) is 1.84. The van der Waals surface area contributed by atoms with Gasteiger partial charge in [0.05, 0.1) is 6.04 Å². The molecule has 0 fully saturated rings. The number of rotatable bonds is 4. The Hall–Kier alpha value is -1.67. The van der Waals surface area contributed by atoms with Crippen LogP contribution >= 0.6 is 0 Å². The number of hydrogen-bond acceptors (Lipinski definition) is 3. The van der Waals surface area contributed by atoms with E-state index in [-0.39, 0.29) is 11.8 Å². The topological polar surface area (TPSA) is 99.7 Å². The summed E-state index contributed by atoms with van der Waals surface area (Å²) in [7, 11) is 0. The number of nitrogens with zero attached hydrogens (tertiary/aromatic N) is 1. The normalized spacial score (nSPS) is 14.6. The predicted octanol–water partition coefficient (Wildman–Crippen LogP) is 0.619. The Morgan fingerprint density at radius 2 is 2.00 bits per heavy atom. The minimum atomic E-state index is -4.48. The van der Waals surface area contributed by atoms with Gasteiger partial charge < -0.3 is 21.6 Å². The van der Waals surface area contributed by atoms with Gasteiger partial charge in [-0.25, -0.2) is 4.79 Å². The van der Waals surface area contributed by atoms with Crippen molar-refractivity contribution >= 4 is 11.9 Å². The van der Waals surface area contributed by atoms with Crippen molar-refractivity contribution in [2.45, 2.75) is 26.1 Å². The van der Waals surface area contributed by atoms with Gasteiger partial charge in [0.25, 0.3) is 0 Å². The minimum Gasteiger partial charge on any atom is -0.409 e. The summed E-state index contributed by atoms with van der Waals surface area (Å²) in [5, 5.41) is 14.9. The predicted molar refractivity (Wildman–Crippen MR) is 54.6 cm³/mol. The number of halogens is 3. The van der Waals surface area contributed by atoms with Crippen LogP contribution in [0.4, 0.5) is 18.0 Å². The number of amides is 2. The van der Waals surface area contributed by atoms with Crippen LogP contribution in [0.2, 0.25) is 0 Å². The van der Waals surface area contributed by atoms with Crippen LogP contribution in [0.15, 0.2) is 5.16 Å². The molecule has 5 N–H and O–H groups in total. The molecule has 9 heteroatoms. The zero-order valence-electron chi connectivity index (χ0n) is 9.38. The average molecular weight is 256 g/mol. The van der Waals surface area contributed by atoms with Crippen molar-refractivity contribution in [3.8, 4) is 0 Å². The second kappa shape index (κ2) is 6.16. The van der Waals surface area contributed by atoms with Crippen molar-refractivity contribution in [1.29, 1.82) is 0 Å². The zero-order valence-corrected chi connectivity index (χ0v) is 9.38. The third kappa shape index (κ3) is 6.48. The van der Waals surface area contributed by atoms with Gasteiger partial charge in [0, 0.05) is 0 Å². The van der Waals surface area contributed by atoms with Gasteiger partial charge in [-0.1, -0.05) is 19.0 Å². The summed E-state index contributed by atoms with van der Waals surface area (Å²) in [6, 6.07) is -1.87. The van der Waals surface area contributed by atoms with Gasteiger partial charge in [0.1, 0.15) is 6.54 Å². The molecule has 100 valence electrons. The average Bonchev–Trinajstić information content (AvgIpc) is 2.20. The molecule has 1 unspecified atom stereocenters. The van der Waals surface area contributed by atoms with Crippen molar-refractivity contribution in [2.24, 2.45) is 16.8 Å². The van der Waals surface area contributed by atoms with Gasteiger partial charge in [0.15, 0.2) is 5.84 Å². The smallest absolute Gasteiger partial charge is 0.405 e. The number of carbonyl (C=O) groups is 1. The molecule has 0 aliphatic rings. The van der Waals surface area contributed by atoms with E-state index in [0.717, 1.165) is 0 Å². The molecule has 0 aromatic heterocycles. The molecule has 0 saturated carbocycles. The van der Waals surface area contributed by atoms with Gasteiger partial charge in [0.2, 0.25) is 0 Å². The summed E-state index contributed by atoms with van der Waals surface area (Å²) >= 11 is 0. The van der Waals surface area contributed by atoms with Crippen molar-refractivity contribution in [3.05, 3.63) is 0 Å². The molecule has 0 aromatic carbocycles. The molecule has 0 aliphatic heterocycles. The summed E-state index contributed by atoms with van der Waals surface area (Å²) in [5.41, 5.74) is 5.28. The van der Waals surface area contributed by atoms with Crippen LogP contribution in [0.3, 0.4) is 0 Å². The van der Waals surface area contributed by atoms with E-state index in [4.69, 9.17) is 10.9 Å². The highest BCUT2D eigenvalue weighted by atomic mass is 19.4. The molecule has 0 bridgehead atoms. The van der Waals surface area contributed by atoms with Gasteiger partial charge >= 0.3 is 12.2 Å². The Balaban J connectivity index is 4.33. The SMILES string of the molecule is CC(C)C(NC(=O)NCC(F)(F)F)C(N)=NO. The highest BCUT2D eigenvalue weighted by molar-refractivity contribution is 5.89. The molecule has 0 spiro atoms. The summed E-state index contributed by atoms with van der Waals surface area (Å²) < 4.78 is 35.4. The maximum absolute atomic E-state index is 11.8. The van der Waals surface area contributed by atoms with Crippen LogP contribution in [0.1, 0.15) is 13.8 Å². The molecule has 0 heterocycles. The van der Waals surface area contributed by atoms with E-state index < -0.39 is 24.8 Å². The van der Waals surface area contributed by atoms with Crippen molar-refractivity contribution in [3.63, 3.8) is 0 Å². The lowest BCUT2D eigenvalue weighted by Crippen LogP contribution is -2.52. The molecule has 6 nitrogen and oxygen atoms in total. The van der Waals surface area contributed by atoms with Gasteiger partial charge in [-0.15, -0.1) is 0 Å². The highest BCUT2D eigenvalue weighted by Crippen LogP contribution is 2.12. The summed E-state index contributed by atoms with van der Waals surface area (Å²) in [4.78, 5) is 11.1. The summed E-state index contributed by atoms with van der Waals surface area (Å²) in [5.74, 6) is -0.510. The fourth-order valence-electron chi connectivity index (χ4n) is 1.02. The van der Waals surface area contributed by atoms with Crippen LogP contribution in [-0.4, -0.2) is 35.8 Å². The second-order valence-electron chi connectivity index (χ2n) is 3.69. The standard InChI is InChI=1S/C8H15F3N4O2/c1-4(2)5(6(12)15-17)14-7(16)13-3-8(9,10)11/h4-5,17H,3H2,1-2H3,(H2,12,15)(H2,13,14,16). The van der Waals surface area contributed by atoms with Crippen LogP contribution in [0.5, 0.6) is 0 Å². The molecule has 0 aromatic rings. The number of oxime groups is 1. The van der Waals surface area contributed by atoms with Crippen molar-refractivity contribution in [1.82, 2.24) is 10.6 Å². The van der Waals surface area contributed by atoms with E-state index in [2.05, 4.69) is 10.5 Å². The maximum atomic E-state index is 11.8. The Labute approximate surface area is 96.0 Å². The maximum Gasteiger partial charge on any atom is 0.405 e. The lowest BCUT2D eigenvalue weighted by atomic mass is 10.0. The number of urea groups is 1. The number of carbonyl (C=O) groups excluding carboxylic acids is 1. The molecular weight excluding hydrogens is 241 g/mol. The van der Waals surface area contributed by atoms with Gasteiger partial charge in [-0.3, -0.25) is 0 Å². The zero-order chi connectivity index (χ0) is 13.6. The van der Waals surface area contributed by atoms with Gasteiger partial charge in [-0.2, -0.15) is 13.2 Å². The second-order valence-corrected chi connectivity index (χ2v) is 3.69. The van der Waals surface area contributed by atoms with Crippen molar-refractivity contribution < 1.29 is 23.2 Å². The van der Waals surface area contributed by atoms with Crippen LogP contribution < -0.4 is 16.4 Å². The Morgan fingerprint density at radius 1 is 1.47 bits per heavy atom. The number of nitrogens with two attached hydrogens (primary N) is 1. The first-order valence-electron chi connectivity index (χ1n) is 4.76. The van der Waals surface area contributed by atoms with Crippen molar-refractivity contribution in [2.75, 3.05) is 6.54 Å². The molecule has 0 radical (unpaired) electrons. The quantitative estimate of drug-likeness (QED) is 0.257. The van der Waals surface area contributed by atoms with Gasteiger partial charge in [-0.05, 0) is 5.92 Å². The molecule has 0 saturated heterocycles. The lowest BCUT2D eigenvalue weighted by molar-refractivity contribution is -0.122. The van der Waals surface area contributed by atoms with E-state index in [1.807, 2.05) is 0 Å². The Kier molecular flexibility index (Phi) is 5.56. The molecule has 17 heavy (non-hydrogen) atoms. The van der Waals surface area contributed by atoms with Crippen LogP contribution in [-0.2, 0) is 0 Å². The molecule has 0 rings (SSSR count). The van der Waals surface area contributed by atoms with E-state index in [1.54, 1.807) is 19.2 Å². The number of hydrogen-bond donors (Lipinski definition) is 4. The van der Waals surface area contributed by atoms with E-state index >= 15 is 0 Å². The first-order valence-corrected chi connectivity index (χ1v) is 4.76. The Bertz CT molecular complexity index is 291. The first kappa shape index (κ1) is 15.3. The fraction of sp³-hybridized carbons (Fsp3) is 0.750. The van der Waals surface area contributed by atoms with E-state index in [1.165, 1.54) is 0 Å². The Morgan fingerprint density at radius 3 is 2.35 bits per heavy atom. The third-order valence-electron chi connectivity index (χ3n) is 1.84. The molecule has 2 amide bonds. The summed E-state index contributed by atoms with van der Waals surface area (Å²) in [6.07, 6.45) is -4.48. The molecule has 0 aliphatic carbocycles. The largest absolute Gasteiger partial charge is 0.409 e. The molecular formula is C8H15F3N4O2. The first-order chi connectivity index (χ1) is 7.67. The lowest BCUT2D eigenvalue weighted by Gasteiger charge is -2.21. The van der Waals surface area contributed by atoms with Crippen LogP contribution in [0, 0.1) is 5.92 Å². The highest BCUT2D eigenvalue weighted by Gasteiger charge is 2.28.